The van der Waals surface area contributed by atoms with Crippen LogP contribution in [0, 0.1) is 10.1 Å². The normalized spacial score (nSPS) is 17.2. The van der Waals surface area contributed by atoms with Crippen LogP contribution in [0.15, 0.2) is 18.2 Å². The van der Waals surface area contributed by atoms with Crippen molar-refractivity contribution in [3.8, 4) is 0 Å². The Kier molecular flexibility index (Phi) is 5.06. The minimum Gasteiger partial charge on any atom is -0.345 e. The van der Waals surface area contributed by atoms with Crippen molar-refractivity contribution in [2.75, 3.05) is 5.88 Å². The maximum absolute atomic E-state index is 12.5. The van der Waals surface area contributed by atoms with Gasteiger partial charge in [-0.1, -0.05) is 36.9 Å². The summed E-state index contributed by atoms with van der Waals surface area (Å²) < 4.78 is 0. The number of benzene rings is 1. The Morgan fingerprint density at radius 1 is 1.33 bits per heavy atom. The van der Waals surface area contributed by atoms with E-state index in [-0.39, 0.29) is 22.2 Å². The van der Waals surface area contributed by atoms with Crippen LogP contribution in [-0.2, 0) is 0 Å². The van der Waals surface area contributed by atoms with Crippen LogP contribution in [0.3, 0.4) is 0 Å². The van der Waals surface area contributed by atoms with E-state index in [0.29, 0.717) is 0 Å². The van der Waals surface area contributed by atoms with E-state index in [0.717, 1.165) is 32.1 Å². The SMILES string of the molecule is O=C(NC1(CCl)CCCCC1)c1c(Cl)cccc1[N+](=O)[O-]. The monoisotopic (exact) mass is 330 g/mol. The molecule has 0 spiro atoms. The van der Waals surface area contributed by atoms with Crippen LogP contribution in [-0.4, -0.2) is 22.2 Å². The third-order valence-corrected chi connectivity index (χ3v) is 4.69. The molecule has 1 amide bonds. The molecule has 0 heterocycles. The second-order valence-electron chi connectivity index (χ2n) is 5.32. The summed E-state index contributed by atoms with van der Waals surface area (Å²) in [4.78, 5) is 22.9. The van der Waals surface area contributed by atoms with E-state index in [4.69, 9.17) is 23.2 Å². The van der Waals surface area contributed by atoms with Gasteiger partial charge in [0.15, 0.2) is 0 Å². The number of nitro benzene ring substituents is 1. The number of hydrogen-bond donors (Lipinski definition) is 1. The van der Waals surface area contributed by atoms with Gasteiger partial charge >= 0.3 is 0 Å². The molecule has 1 aromatic rings. The average molecular weight is 331 g/mol. The number of amides is 1. The van der Waals surface area contributed by atoms with E-state index in [9.17, 15) is 14.9 Å². The number of nitro groups is 1. The van der Waals surface area contributed by atoms with Crippen LogP contribution in [0.1, 0.15) is 42.5 Å². The summed E-state index contributed by atoms with van der Waals surface area (Å²) >= 11 is 12.0. The number of halogens is 2. The highest BCUT2D eigenvalue weighted by atomic mass is 35.5. The van der Waals surface area contributed by atoms with Crippen molar-refractivity contribution in [2.24, 2.45) is 0 Å². The lowest BCUT2D eigenvalue weighted by Crippen LogP contribution is -2.51. The maximum atomic E-state index is 12.5. The zero-order chi connectivity index (χ0) is 15.5. The van der Waals surface area contributed by atoms with Gasteiger partial charge in [0.05, 0.1) is 15.5 Å². The summed E-state index contributed by atoms with van der Waals surface area (Å²) in [6.07, 6.45) is 4.64. The van der Waals surface area contributed by atoms with E-state index >= 15 is 0 Å². The minimum absolute atomic E-state index is 0.0715. The molecule has 2 rings (SSSR count). The molecule has 1 saturated carbocycles. The topological polar surface area (TPSA) is 72.2 Å². The Morgan fingerprint density at radius 2 is 2.00 bits per heavy atom. The number of hydrogen-bond acceptors (Lipinski definition) is 3. The second-order valence-corrected chi connectivity index (χ2v) is 5.99. The highest BCUT2D eigenvalue weighted by molar-refractivity contribution is 6.34. The Morgan fingerprint density at radius 3 is 2.57 bits per heavy atom. The molecule has 21 heavy (non-hydrogen) atoms. The molecule has 0 aliphatic heterocycles. The van der Waals surface area contributed by atoms with Crippen molar-refractivity contribution >= 4 is 34.8 Å². The summed E-state index contributed by atoms with van der Waals surface area (Å²) in [7, 11) is 0. The summed E-state index contributed by atoms with van der Waals surface area (Å²) in [5, 5.41) is 14.0. The van der Waals surface area contributed by atoms with Crippen LogP contribution in [0.2, 0.25) is 5.02 Å². The van der Waals surface area contributed by atoms with Crippen LogP contribution in [0.25, 0.3) is 0 Å². The molecule has 0 aromatic heterocycles. The lowest BCUT2D eigenvalue weighted by molar-refractivity contribution is -0.385. The Labute approximate surface area is 132 Å². The molecule has 0 atom stereocenters. The van der Waals surface area contributed by atoms with Gasteiger partial charge in [0.1, 0.15) is 5.56 Å². The number of carbonyl (C=O) groups excluding carboxylic acids is 1. The van der Waals surface area contributed by atoms with Crippen molar-refractivity contribution in [3.63, 3.8) is 0 Å². The zero-order valence-corrected chi connectivity index (χ0v) is 12.9. The first kappa shape index (κ1) is 16.0. The number of nitrogens with zero attached hydrogens (tertiary/aromatic N) is 1. The second kappa shape index (κ2) is 6.62. The van der Waals surface area contributed by atoms with Crippen LogP contribution < -0.4 is 5.32 Å². The van der Waals surface area contributed by atoms with Crippen molar-refractivity contribution < 1.29 is 9.72 Å². The van der Waals surface area contributed by atoms with Crippen LogP contribution in [0.5, 0.6) is 0 Å². The fraction of sp³-hybridized carbons (Fsp3) is 0.500. The minimum atomic E-state index is -0.602. The highest BCUT2D eigenvalue weighted by Crippen LogP contribution is 2.32. The summed E-state index contributed by atoms with van der Waals surface area (Å²) in [6, 6.07) is 4.20. The maximum Gasteiger partial charge on any atom is 0.283 e. The average Bonchev–Trinajstić information content (AvgIpc) is 2.47. The van der Waals surface area contributed by atoms with E-state index < -0.39 is 16.4 Å². The molecule has 0 unspecified atom stereocenters. The fourth-order valence-electron chi connectivity index (χ4n) is 2.71. The van der Waals surface area contributed by atoms with Gasteiger partial charge in [-0.2, -0.15) is 0 Å². The highest BCUT2D eigenvalue weighted by Gasteiger charge is 2.35. The van der Waals surface area contributed by atoms with Crippen LogP contribution in [0.4, 0.5) is 5.69 Å². The van der Waals surface area contributed by atoms with Crippen molar-refractivity contribution in [1.29, 1.82) is 0 Å². The standard InChI is InChI=1S/C14H16Cl2N2O3/c15-9-14(7-2-1-3-8-14)17-13(19)12-10(16)5-4-6-11(12)18(20)21/h4-6H,1-3,7-9H2,(H,17,19). The third kappa shape index (κ3) is 3.47. The number of nitrogens with one attached hydrogen (secondary N) is 1. The van der Waals surface area contributed by atoms with Gasteiger partial charge in [0, 0.05) is 11.9 Å². The number of rotatable bonds is 4. The van der Waals surface area contributed by atoms with Crippen LogP contribution >= 0.6 is 23.2 Å². The van der Waals surface area contributed by atoms with Crippen molar-refractivity contribution in [1.82, 2.24) is 5.32 Å². The van der Waals surface area contributed by atoms with Gasteiger partial charge in [-0.3, -0.25) is 14.9 Å². The largest absolute Gasteiger partial charge is 0.345 e. The molecule has 0 saturated heterocycles. The van der Waals surface area contributed by atoms with Gasteiger partial charge in [-0.05, 0) is 18.9 Å². The quantitative estimate of drug-likeness (QED) is 0.516. The molecule has 0 bridgehead atoms. The van der Waals surface area contributed by atoms with E-state index in [1.165, 1.54) is 18.2 Å². The first-order chi connectivity index (χ1) is 9.99. The van der Waals surface area contributed by atoms with Gasteiger partial charge in [0.25, 0.3) is 11.6 Å². The lowest BCUT2D eigenvalue weighted by atomic mass is 9.83. The van der Waals surface area contributed by atoms with Gasteiger partial charge in [-0.25, -0.2) is 0 Å². The molecule has 1 aliphatic carbocycles. The molecule has 1 N–H and O–H groups in total. The van der Waals surface area contributed by atoms with Crippen molar-refractivity contribution in [2.45, 2.75) is 37.6 Å². The molecule has 114 valence electrons. The molecule has 1 fully saturated rings. The van der Waals surface area contributed by atoms with E-state index in [1.54, 1.807) is 0 Å². The summed E-state index contributed by atoms with van der Waals surface area (Å²) in [5.41, 5.74) is -0.885. The molecular weight excluding hydrogens is 315 g/mol. The van der Waals surface area contributed by atoms with Gasteiger partial charge < -0.3 is 5.32 Å². The molecule has 1 aromatic carbocycles. The lowest BCUT2D eigenvalue weighted by Gasteiger charge is -2.36. The number of carbonyl (C=O) groups is 1. The Bertz CT molecular complexity index is 557. The summed E-state index contributed by atoms with van der Waals surface area (Å²) in [6.45, 7) is 0. The van der Waals surface area contributed by atoms with Gasteiger partial charge in [0.2, 0.25) is 0 Å². The van der Waals surface area contributed by atoms with E-state index in [2.05, 4.69) is 5.32 Å². The molecule has 5 nitrogen and oxygen atoms in total. The summed E-state index contributed by atoms with van der Waals surface area (Å²) in [5.74, 6) is -0.244. The first-order valence-electron chi connectivity index (χ1n) is 6.80. The fourth-order valence-corrected chi connectivity index (χ4v) is 3.30. The molecule has 1 aliphatic rings. The first-order valence-corrected chi connectivity index (χ1v) is 7.72. The van der Waals surface area contributed by atoms with Gasteiger partial charge in [-0.15, -0.1) is 11.6 Å². The predicted molar refractivity (Wildman–Crippen MR) is 82.1 cm³/mol. The molecule has 0 radical (unpaired) electrons. The number of alkyl halides is 1. The zero-order valence-electron chi connectivity index (χ0n) is 11.4. The smallest absolute Gasteiger partial charge is 0.283 e. The molecular formula is C14H16Cl2N2O3. The van der Waals surface area contributed by atoms with Crippen molar-refractivity contribution in [3.05, 3.63) is 38.9 Å². The Balaban J connectivity index is 2.30. The molecule has 7 heteroatoms. The Hall–Kier alpha value is -1.33. The predicted octanol–water partition coefficient (Wildman–Crippen LogP) is 3.92. The van der Waals surface area contributed by atoms with E-state index in [1.807, 2.05) is 0 Å². The third-order valence-electron chi connectivity index (χ3n) is 3.86.